The van der Waals surface area contributed by atoms with Gasteiger partial charge in [0.2, 0.25) is 5.91 Å². The molecule has 0 aromatic heterocycles. The van der Waals surface area contributed by atoms with Gasteiger partial charge in [-0.1, -0.05) is 37.3 Å². The monoisotopic (exact) mass is 404 g/mol. The Balaban J connectivity index is 1.38. The number of carbonyl (C=O) groups excluding carboxylic acids is 1. The van der Waals surface area contributed by atoms with E-state index in [0.717, 1.165) is 35.7 Å². The number of amides is 1. The van der Waals surface area contributed by atoms with Crippen LogP contribution in [0.2, 0.25) is 0 Å². The highest BCUT2D eigenvalue weighted by molar-refractivity contribution is 5.93. The minimum Gasteiger partial charge on any atom is -0.494 e. The second kappa shape index (κ2) is 11.5. The number of anilines is 2. The summed E-state index contributed by atoms with van der Waals surface area (Å²) in [4.78, 5) is 12.2. The minimum absolute atomic E-state index is 0.111. The van der Waals surface area contributed by atoms with E-state index in [4.69, 9.17) is 9.47 Å². The molecule has 5 heteroatoms. The molecule has 156 valence electrons. The molecule has 0 spiro atoms. The van der Waals surface area contributed by atoms with E-state index in [1.165, 1.54) is 5.56 Å². The highest BCUT2D eigenvalue weighted by Crippen LogP contribution is 2.17. The van der Waals surface area contributed by atoms with Crippen molar-refractivity contribution in [2.24, 2.45) is 0 Å². The zero-order chi connectivity index (χ0) is 21.0. The van der Waals surface area contributed by atoms with Gasteiger partial charge >= 0.3 is 0 Å². The fraction of sp³-hybridized carbons (Fsp3) is 0.240. The van der Waals surface area contributed by atoms with Crippen LogP contribution in [0.3, 0.4) is 0 Å². The Morgan fingerprint density at radius 2 is 1.37 bits per heavy atom. The molecule has 0 heterocycles. The number of nitrogens with one attached hydrogen (secondary N) is 2. The van der Waals surface area contributed by atoms with Crippen LogP contribution in [0, 0.1) is 0 Å². The smallest absolute Gasteiger partial charge is 0.243 e. The van der Waals surface area contributed by atoms with Gasteiger partial charge in [0.15, 0.2) is 0 Å². The van der Waals surface area contributed by atoms with Crippen LogP contribution in [0.15, 0.2) is 78.9 Å². The molecule has 0 saturated carbocycles. The lowest BCUT2D eigenvalue weighted by molar-refractivity contribution is -0.114. The van der Waals surface area contributed by atoms with Crippen LogP contribution in [0.4, 0.5) is 11.4 Å². The topological polar surface area (TPSA) is 59.6 Å². The summed E-state index contributed by atoms with van der Waals surface area (Å²) in [6, 6.07) is 25.3. The normalized spacial score (nSPS) is 10.3. The number of hydrogen-bond acceptors (Lipinski definition) is 4. The van der Waals surface area contributed by atoms with Crippen molar-refractivity contribution >= 4 is 17.3 Å². The van der Waals surface area contributed by atoms with Crippen LogP contribution >= 0.6 is 0 Å². The molecule has 0 bridgehead atoms. The third kappa shape index (κ3) is 7.17. The molecule has 0 aliphatic rings. The first-order valence-electron chi connectivity index (χ1n) is 10.3. The second-order valence-electron chi connectivity index (χ2n) is 6.88. The van der Waals surface area contributed by atoms with Gasteiger partial charge in [0.05, 0.1) is 19.8 Å². The number of hydrogen-bond donors (Lipinski definition) is 2. The molecule has 0 unspecified atom stereocenters. The number of ether oxygens (including phenoxy) is 2. The third-order valence-electron chi connectivity index (χ3n) is 4.42. The Morgan fingerprint density at radius 1 is 0.767 bits per heavy atom. The summed E-state index contributed by atoms with van der Waals surface area (Å²) >= 11 is 0. The SMILES string of the molecule is CCCOc1ccc(NC(=O)CNc2ccc(OCCc3ccccc3)cc2)cc1. The molecule has 0 aliphatic carbocycles. The standard InChI is InChI=1S/C25H28N2O3/c1-2-17-29-23-14-10-22(11-15-23)27-25(28)19-26-21-8-12-24(13-9-21)30-18-16-20-6-4-3-5-7-20/h3-15,26H,2,16-19H2,1H3,(H,27,28). The zero-order valence-corrected chi connectivity index (χ0v) is 17.3. The van der Waals surface area contributed by atoms with E-state index in [9.17, 15) is 4.79 Å². The molecule has 3 aromatic carbocycles. The Morgan fingerprint density at radius 3 is 2.00 bits per heavy atom. The third-order valence-corrected chi connectivity index (χ3v) is 4.42. The molecule has 0 fully saturated rings. The Hall–Kier alpha value is -3.47. The molecule has 30 heavy (non-hydrogen) atoms. The second-order valence-corrected chi connectivity index (χ2v) is 6.88. The van der Waals surface area contributed by atoms with Crippen molar-refractivity contribution in [1.82, 2.24) is 0 Å². The predicted molar refractivity (Wildman–Crippen MR) is 121 cm³/mol. The van der Waals surface area contributed by atoms with E-state index in [1.807, 2.05) is 66.7 Å². The maximum absolute atomic E-state index is 12.2. The molecule has 0 saturated heterocycles. The van der Waals surface area contributed by atoms with Crippen LogP contribution in [0.1, 0.15) is 18.9 Å². The summed E-state index contributed by atoms with van der Waals surface area (Å²) in [5.41, 5.74) is 2.86. The Kier molecular flexibility index (Phi) is 8.15. The first kappa shape index (κ1) is 21.2. The molecule has 1 amide bonds. The van der Waals surface area contributed by atoms with Gasteiger partial charge in [-0.3, -0.25) is 4.79 Å². The average Bonchev–Trinajstić information content (AvgIpc) is 2.79. The zero-order valence-electron chi connectivity index (χ0n) is 17.3. The van der Waals surface area contributed by atoms with Crippen LogP contribution in [-0.2, 0) is 11.2 Å². The van der Waals surface area contributed by atoms with Gasteiger partial charge in [0, 0.05) is 17.8 Å². The van der Waals surface area contributed by atoms with Gasteiger partial charge in [-0.05, 0) is 60.5 Å². The highest BCUT2D eigenvalue weighted by Gasteiger charge is 2.03. The fourth-order valence-electron chi connectivity index (χ4n) is 2.84. The summed E-state index contributed by atoms with van der Waals surface area (Å²) in [5, 5.41) is 5.99. The minimum atomic E-state index is -0.111. The molecule has 3 aromatic rings. The van der Waals surface area contributed by atoms with Crippen molar-refractivity contribution in [3.8, 4) is 11.5 Å². The lowest BCUT2D eigenvalue weighted by Crippen LogP contribution is -2.21. The van der Waals surface area contributed by atoms with E-state index in [2.05, 4.69) is 29.7 Å². The van der Waals surface area contributed by atoms with Crippen molar-refractivity contribution in [2.45, 2.75) is 19.8 Å². The van der Waals surface area contributed by atoms with E-state index in [0.29, 0.717) is 13.2 Å². The van der Waals surface area contributed by atoms with E-state index in [1.54, 1.807) is 0 Å². The number of carbonyl (C=O) groups is 1. The maximum Gasteiger partial charge on any atom is 0.243 e. The molecule has 5 nitrogen and oxygen atoms in total. The molecule has 2 N–H and O–H groups in total. The number of benzene rings is 3. The summed E-state index contributed by atoms with van der Waals surface area (Å²) in [6.45, 7) is 3.56. The molecule has 0 atom stereocenters. The summed E-state index contributed by atoms with van der Waals surface area (Å²) in [6.07, 6.45) is 1.83. The van der Waals surface area contributed by atoms with Gasteiger partial charge in [0.1, 0.15) is 11.5 Å². The van der Waals surface area contributed by atoms with Gasteiger partial charge < -0.3 is 20.1 Å². The lowest BCUT2D eigenvalue weighted by Gasteiger charge is -2.10. The first-order chi connectivity index (χ1) is 14.7. The van der Waals surface area contributed by atoms with Crippen molar-refractivity contribution < 1.29 is 14.3 Å². The number of rotatable bonds is 11. The fourth-order valence-corrected chi connectivity index (χ4v) is 2.84. The molecule has 3 rings (SSSR count). The van der Waals surface area contributed by atoms with Crippen molar-refractivity contribution in [3.63, 3.8) is 0 Å². The van der Waals surface area contributed by atoms with E-state index >= 15 is 0 Å². The quantitative estimate of drug-likeness (QED) is 0.464. The largest absolute Gasteiger partial charge is 0.494 e. The summed E-state index contributed by atoms with van der Waals surface area (Å²) in [5.74, 6) is 1.51. The summed E-state index contributed by atoms with van der Waals surface area (Å²) in [7, 11) is 0. The lowest BCUT2D eigenvalue weighted by atomic mass is 10.2. The highest BCUT2D eigenvalue weighted by atomic mass is 16.5. The van der Waals surface area contributed by atoms with Gasteiger partial charge in [-0.2, -0.15) is 0 Å². The van der Waals surface area contributed by atoms with Crippen molar-refractivity contribution in [1.29, 1.82) is 0 Å². The van der Waals surface area contributed by atoms with E-state index < -0.39 is 0 Å². The maximum atomic E-state index is 12.2. The average molecular weight is 405 g/mol. The molecular weight excluding hydrogens is 376 g/mol. The van der Waals surface area contributed by atoms with Crippen LogP contribution in [-0.4, -0.2) is 25.7 Å². The van der Waals surface area contributed by atoms with Gasteiger partial charge in [-0.15, -0.1) is 0 Å². The van der Waals surface area contributed by atoms with Crippen LogP contribution in [0.25, 0.3) is 0 Å². The Labute approximate surface area is 178 Å². The van der Waals surface area contributed by atoms with Crippen LogP contribution in [0.5, 0.6) is 11.5 Å². The van der Waals surface area contributed by atoms with Crippen molar-refractivity contribution in [3.05, 3.63) is 84.4 Å². The van der Waals surface area contributed by atoms with E-state index in [-0.39, 0.29) is 12.5 Å². The first-order valence-corrected chi connectivity index (χ1v) is 10.3. The molecule has 0 aliphatic heterocycles. The van der Waals surface area contributed by atoms with Crippen molar-refractivity contribution in [2.75, 3.05) is 30.4 Å². The summed E-state index contributed by atoms with van der Waals surface area (Å²) < 4.78 is 11.3. The molecule has 0 radical (unpaired) electrons. The molecular formula is C25H28N2O3. The van der Waals surface area contributed by atoms with Gasteiger partial charge in [-0.25, -0.2) is 0 Å². The predicted octanol–water partition coefficient (Wildman–Crippen LogP) is 5.15. The van der Waals surface area contributed by atoms with Gasteiger partial charge in [0.25, 0.3) is 0 Å². The van der Waals surface area contributed by atoms with Crippen LogP contribution < -0.4 is 20.1 Å². The Bertz CT molecular complexity index is 894.